The second kappa shape index (κ2) is 12.4. The molecule has 0 aromatic heterocycles. The molecular formula is C33H34N2O2. The van der Waals surface area contributed by atoms with Crippen molar-refractivity contribution >= 4 is 11.6 Å². The maximum absolute atomic E-state index is 12.7. The van der Waals surface area contributed by atoms with Crippen molar-refractivity contribution in [3.63, 3.8) is 0 Å². The van der Waals surface area contributed by atoms with Crippen LogP contribution in [0, 0.1) is 5.92 Å². The first-order chi connectivity index (χ1) is 18.2. The Kier molecular flexibility index (Phi) is 8.29. The Morgan fingerprint density at radius 3 is 2.00 bits per heavy atom. The maximum Gasteiger partial charge on any atom is 0.255 e. The fraction of sp³-hybridized carbons (Fsp3) is 0.242. The van der Waals surface area contributed by atoms with E-state index in [0.717, 1.165) is 42.6 Å². The van der Waals surface area contributed by atoms with Crippen LogP contribution in [0.1, 0.15) is 39.9 Å². The van der Waals surface area contributed by atoms with Crippen molar-refractivity contribution in [3.05, 3.63) is 131 Å². The second-order valence-corrected chi connectivity index (χ2v) is 9.86. The molecule has 1 saturated heterocycles. The minimum absolute atomic E-state index is 0.105. The van der Waals surface area contributed by atoms with E-state index in [4.69, 9.17) is 4.74 Å². The van der Waals surface area contributed by atoms with Crippen LogP contribution in [-0.4, -0.2) is 23.9 Å². The molecule has 1 N–H and O–H groups in total. The monoisotopic (exact) mass is 490 g/mol. The molecule has 37 heavy (non-hydrogen) atoms. The van der Waals surface area contributed by atoms with E-state index >= 15 is 0 Å². The highest BCUT2D eigenvalue weighted by molar-refractivity contribution is 6.04. The molecule has 0 atom stereocenters. The van der Waals surface area contributed by atoms with Crippen LogP contribution in [0.25, 0.3) is 0 Å². The number of amides is 1. The molecule has 4 aromatic rings. The van der Waals surface area contributed by atoms with E-state index in [0.29, 0.717) is 12.2 Å². The molecule has 0 aliphatic carbocycles. The summed E-state index contributed by atoms with van der Waals surface area (Å²) >= 11 is 0. The first-order valence-electron chi connectivity index (χ1n) is 13.1. The zero-order valence-corrected chi connectivity index (χ0v) is 21.2. The summed E-state index contributed by atoms with van der Waals surface area (Å²) in [4.78, 5) is 15.3. The number of carbonyl (C=O) groups excluding carboxylic acids is 1. The highest BCUT2D eigenvalue weighted by atomic mass is 16.5. The van der Waals surface area contributed by atoms with Gasteiger partial charge in [0.2, 0.25) is 0 Å². The van der Waals surface area contributed by atoms with E-state index in [9.17, 15) is 4.79 Å². The van der Waals surface area contributed by atoms with Crippen LogP contribution in [0.3, 0.4) is 0 Å². The SMILES string of the molecule is O=C(Nc1ccc(OCc2ccccc2)cc1)c1ccc(CN2CCC(Cc3ccccc3)CC2)cc1. The van der Waals surface area contributed by atoms with Crippen LogP contribution < -0.4 is 10.1 Å². The van der Waals surface area contributed by atoms with Gasteiger partial charge in [0.15, 0.2) is 0 Å². The van der Waals surface area contributed by atoms with Gasteiger partial charge in [-0.2, -0.15) is 0 Å². The van der Waals surface area contributed by atoms with E-state index < -0.39 is 0 Å². The number of rotatable bonds is 9. The van der Waals surface area contributed by atoms with Gasteiger partial charge in [0.25, 0.3) is 5.91 Å². The Labute approximate surface area is 219 Å². The third kappa shape index (κ3) is 7.31. The standard InChI is InChI=1S/C33H34N2O2/c36-33(34-31-15-17-32(18-16-31)37-25-29-9-5-2-6-10-29)30-13-11-28(12-14-30)24-35-21-19-27(20-22-35)23-26-7-3-1-4-8-26/h1-18,27H,19-25H2,(H,34,36). The van der Waals surface area contributed by atoms with Crippen LogP contribution in [0.2, 0.25) is 0 Å². The van der Waals surface area contributed by atoms with Crippen LogP contribution >= 0.6 is 0 Å². The summed E-state index contributed by atoms with van der Waals surface area (Å²) in [5.41, 5.74) is 5.23. The molecule has 1 aliphatic rings. The molecule has 0 saturated carbocycles. The minimum Gasteiger partial charge on any atom is -0.489 e. The molecule has 1 heterocycles. The van der Waals surface area contributed by atoms with E-state index in [-0.39, 0.29) is 5.91 Å². The summed E-state index contributed by atoms with van der Waals surface area (Å²) in [6, 6.07) is 36.4. The van der Waals surface area contributed by atoms with Crippen molar-refractivity contribution in [1.82, 2.24) is 4.90 Å². The molecule has 1 amide bonds. The lowest BCUT2D eigenvalue weighted by Crippen LogP contribution is -2.33. The van der Waals surface area contributed by atoms with Crippen molar-refractivity contribution in [2.24, 2.45) is 5.92 Å². The molecule has 4 heteroatoms. The molecule has 0 radical (unpaired) electrons. The number of hydrogen-bond acceptors (Lipinski definition) is 3. The van der Waals surface area contributed by atoms with Gasteiger partial charge < -0.3 is 10.1 Å². The molecule has 4 aromatic carbocycles. The molecular weight excluding hydrogens is 456 g/mol. The number of carbonyl (C=O) groups is 1. The van der Waals surface area contributed by atoms with Crippen LogP contribution in [-0.2, 0) is 19.6 Å². The lowest BCUT2D eigenvalue weighted by Gasteiger charge is -2.32. The molecule has 0 unspecified atom stereocenters. The van der Waals surface area contributed by atoms with Gasteiger partial charge in [-0.05, 0) is 91.4 Å². The van der Waals surface area contributed by atoms with E-state index in [2.05, 4.69) is 52.7 Å². The van der Waals surface area contributed by atoms with Gasteiger partial charge in [-0.3, -0.25) is 9.69 Å². The minimum atomic E-state index is -0.105. The third-order valence-corrected chi connectivity index (χ3v) is 7.06. The van der Waals surface area contributed by atoms with E-state index in [1.807, 2.05) is 66.7 Å². The zero-order chi connectivity index (χ0) is 25.3. The zero-order valence-electron chi connectivity index (χ0n) is 21.2. The van der Waals surface area contributed by atoms with Crippen LogP contribution in [0.5, 0.6) is 5.75 Å². The molecule has 0 bridgehead atoms. The number of likely N-dealkylation sites (tertiary alicyclic amines) is 1. The van der Waals surface area contributed by atoms with E-state index in [1.165, 1.54) is 30.4 Å². The van der Waals surface area contributed by atoms with Gasteiger partial charge in [-0.15, -0.1) is 0 Å². The molecule has 1 aliphatic heterocycles. The average molecular weight is 491 g/mol. The smallest absolute Gasteiger partial charge is 0.255 e. The molecule has 0 spiro atoms. The topological polar surface area (TPSA) is 41.6 Å². The van der Waals surface area contributed by atoms with Crippen molar-refractivity contribution < 1.29 is 9.53 Å². The van der Waals surface area contributed by atoms with Gasteiger partial charge in [-0.25, -0.2) is 0 Å². The number of ether oxygens (including phenoxy) is 1. The van der Waals surface area contributed by atoms with Crippen molar-refractivity contribution in [3.8, 4) is 5.75 Å². The van der Waals surface area contributed by atoms with Crippen LogP contribution in [0.15, 0.2) is 109 Å². The predicted molar refractivity (Wildman–Crippen MR) is 150 cm³/mol. The molecule has 188 valence electrons. The Balaban J connectivity index is 1.06. The summed E-state index contributed by atoms with van der Waals surface area (Å²) in [6.45, 7) is 3.71. The summed E-state index contributed by atoms with van der Waals surface area (Å²) < 4.78 is 5.83. The maximum atomic E-state index is 12.7. The van der Waals surface area contributed by atoms with Gasteiger partial charge in [0.1, 0.15) is 12.4 Å². The number of anilines is 1. The summed E-state index contributed by atoms with van der Waals surface area (Å²) in [6.07, 6.45) is 3.67. The first-order valence-corrected chi connectivity index (χ1v) is 13.1. The highest BCUT2D eigenvalue weighted by Gasteiger charge is 2.19. The third-order valence-electron chi connectivity index (χ3n) is 7.06. The summed E-state index contributed by atoms with van der Waals surface area (Å²) in [5, 5.41) is 2.98. The Hall–Kier alpha value is -3.89. The van der Waals surface area contributed by atoms with Gasteiger partial charge in [0.05, 0.1) is 0 Å². The van der Waals surface area contributed by atoms with Gasteiger partial charge in [0, 0.05) is 17.8 Å². The van der Waals surface area contributed by atoms with Gasteiger partial charge >= 0.3 is 0 Å². The number of hydrogen-bond donors (Lipinski definition) is 1. The van der Waals surface area contributed by atoms with Crippen molar-refractivity contribution in [2.75, 3.05) is 18.4 Å². The predicted octanol–water partition coefficient (Wildman–Crippen LogP) is 6.97. The average Bonchev–Trinajstić information content (AvgIpc) is 2.95. The van der Waals surface area contributed by atoms with Crippen molar-refractivity contribution in [1.29, 1.82) is 0 Å². The van der Waals surface area contributed by atoms with Gasteiger partial charge in [-0.1, -0.05) is 72.8 Å². The molecule has 5 rings (SSSR count). The Morgan fingerprint density at radius 1 is 0.730 bits per heavy atom. The largest absolute Gasteiger partial charge is 0.489 e. The second-order valence-electron chi connectivity index (χ2n) is 9.86. The van der Waals surface area contributed by atoms with Crippen LogP contribution in [0.4, 0.5) is 5.69 Å². The fourth-order valence-corrected chi connectivity index (χ4v) is 4.89. The van der Waals surface area contributed by atoms with Crippen molar-refractivity contribution in [2.45, 2.75) is 32.4 Å². The lowest BCUT2D eigenvalue weighted by molar-refractivity contribution is 0.102. The quantitative estimate of drug-likeness (QED) is 0.275. The fourth-order valence-electron chi connectivity index (χ4n) is 4.89. The Morgan fingerprint density at radius 2 is 1.35 bits per heavy atom. The number of nitrogens with one attached hydrogen (secondary N) is 1. The lowest BCUT2D eigenvalue weighted by atomic mass is 9.90. The molecule has 1 fully saturated rings. The first kappa shape index (κ1) is 24.8. The molecule has 4 nitrogen and oxygen atoms in total. The van der Waals surface area contributed by atoms with E-state index in [1.54, 1.807) is 0 Å². The number of nitrogens with zero attached hydrogens (tertiary/aromatic N) is 1. The number of piperidine rings is 1. The highest BCUT2D eigenvalue weighted by Crippen LogP contribution is 2.23. The Bertz CT molecular complexity index is 1250. The summed E-state index contributed by atoms with van der Waals surface area (Å²) in [5.74, 6) is 1.44. The number of benzene rings is 4. The summed E-state index contributed by atoms with van der Waals surface area (Å²) in [7, 11) is 0. The normalized spacial score (nSPS) is 14.3.